The number of hydrogen-bond acceptors (Lipinski definition) is 1. The molecule has 50 valence electrons. The third-order valence-electron chi connectivity index (χ3n) is 2.05. The predicted molar refractivity (Wildman–Crippen MR) is 37.3 cm³/mol. The molecule has 0 spiro atoms. The molecule has 1 fully saturated rings. The summed E-state index contributed by atoms with van der Waals surface area (Å²) >= 11 is 0. The molecule has 0 aromatic carbocycles. The molecule has 1 nitrogen and oxygen atoms in total. The largest absolute Gasteiger partial charge is 0.344 e. The van der Waals surface area contributed by atoms with Crippen LogP contribution in [0.1, 0.15) is 39.0 Å². The zero-order valence-corrected chi connectivity index (χ0v) is 5.82. The Morgan fingerprint density at radius 2 is 1.75 bits per heavy atom. The Labute approximate surface area is 52.1 Å². The fourth-order valence-electron chi connectivity index (χ4n) is 1.42. The van der Waals surface area contributed by atoms with Crippen LogP contribution in [0.25, 0.3) is 0 Å². The summed E-state index contributed by atoms with van der Waals surface area (Å²) in [6.45, 7) is 2.30. The summed E-state index contributed by atoms with van der Waals surface area (Å²) in [7, 11) is 0. The third-order valence-corrected chi connectivity index (χ3v) is 2.05. The van der Waals surface area contributed by atoms with E-state index in [1.807, 2.05) is 0 Å². The smallest absolute Gasteiger partial charge is 0.0417 e. The fraction of sp³-hybridized carbons (Fsp3) is 1.00. The van der Waals surface area contributed by atoms with Crippen molar-refractivity contribution >= 4 is 0 Å². The van der Waals surface area contributed by atoms with Gasteiger partial charge in [0.2, 0.25) is 0 Å². The monoisotopic (exact) mass is 115 g/mol. The Morgan fingerprint density at radius 1 is 1.25 bits per heavy atom. The van der Waals surface area contributed by atoms with Gasteiger partial charge >= 0.3 is 0 Å². The molecular formula is C7H17N. The van der Waals surface area contributed by atoms with Crippen molar-refractivity contribution in [3.05, 3.63) is 0 Å². The second kappa shape index (κ2) is 3.90. The minimum atomic E-state index is 0. The van der Waals surface area contributed by atoms with Gasteiger partial charge in [0.25, 0.3) is 0 Å². The highest BCUT2D eigenvalue weighted by Gasteiger charge is 2.11. The lowest BCUT2D eigenvalue weighted by Crippen LogP contribution is -1.86. The average molecular weight is 115 g/mol. The molecule has 1 saturated carbocycles. The molecule has 0 radical (unpaired) electrons. The number of rotatable bonds is 1. The molecule has 3 N–H and O–H groups in total. The molecule has 0 unspecified atom stereocenters. The first-order valence-corrected chi connectivity index (χ1v) is 3.43. The first-order valence-electron chi connectivity index (χ1n) is 3.43. The molecule has 1 heteroatoms. The highest BCUT2D eigenvalue weighted by atomic mass is 14.2. The van der Waals surface area contributed by atoms with Crippen LogP contribution in [0.2, 0.25) is 0 Å². The SMILES string of the molecule is CCC1CCCC1.N. The second-order valence-corrected chi connectivity index (χ2v) is 2.56. The maximum atomic E-state index is 2.30. The Kier molecular flexibility index (Phi) is 3.88. The van der Waals surface area contributed by atoms with Gasteiger partial charge in [-0.05, 0) is 5.92 Å². The molecule has 1 rings (SSSR count). The molecule has 0 aromatic rings. The summed E-state index contributed by atoms with van der Waals surface area (Å²) in [5, 5.41) is 0. The van der Waals surface area contributed by atoms with Crippen molar-refractivity contribution in [2.24, 2.45) is 5.92 Å². The lowest BCUT2D eigenvalue weighted by Gasteiger charge is -1.99. The molecular weight excluding hydrogens is 98.1 g/mol. The third kappa shape index (κ3) is 1.83. The van der Waals surface area contributed by atoms with Crippen molar-refractivity contribution in [3.63, 3.8) is 0 Å². The van der Waals surface area contributed by atoms with E-state index in [9.17, 15) is 0 Å². The Bertz CT molecular complexity index is 46.3. The maximum Gasteiger partial charge on any atom is -0.0417 e. The lowest BCUT2D eigenvalue weighted by atomic mass is 10.1. The normalized spacial score (nSPS) is 20.6. The van der Waals surface area contributed by atoms with Crippen LogP contribution < -0.4 is 6.15 Å². The summed E-state index contributed by atoms with van der Waals surface area (Å²) in [5.41, 5.74) is 0. The first kappa shape index (κ1) is 7.96. The van der Waals surface area contributed by atoms with E-state index in [0.717, 1.165) is 5.92 Å². The molecule has 1 aliphatic carbocycles. The maximum absolute atomic E-state index is 2.30. The topological polar surface area (TPSA) is 35.0 Å². The molecule has 0 atom stereocenters. The van der Waals surface area contributed by atoms with E-state index in [2.05, 4.69) is 6.92 Å². The summed E-state index contributed by atoms with van der Waals surface area (Å²) in [6.07, 6.45) is 7.43. The molecule has 0 amide bonds. The second-order valence-electron chi connectivity index (χ2n) is 2.56. The van der Waals surface area contributed by atoms with Crippen molar-refractivity contribution in [1.82, 2.24) is 6.15 Å². The van der Waals surface area contributed by atoms with Gasteiger partial charge in [-0.15, -0.1) is 0 Å². The van der Waals surface area contributed by atoms with Crippen LogP contribution in [-0.2, 0) is 0 Å². The van der Waals surface area contributed by atoms with Gasteiger partial charge in [0.1, 0.15) is 0 Å². The molecule has 0 heterocycles. The van der Waals surface area contributed by atoms with Gasteiger partial charge in [-0.2, -0.15) is 0 Å². The van der Waals surface area contributed by atoms with Crippen LogP contribution in [0, 0.1) is 5.92 Å². The Balaban J connectivity index is 0.000000490. The predicted octanol–water partition coefficient (Wildman–Crippen LogP) is 2.75. The summed E-state index contributed by atoms with van der Waals surface area (Å²) in [4.78, 5) is 0. The molecule has 0 aliphatic heterocycles. The van der Waals surface area contributed by atoms with Crippen LogP contribution >= 0.6 is 0 Å². The Morgan fingerprint density at radius 3 is 2.00 bits per heavy atom. The van der Waals surface area contributed by atoms with Crippen molar-refractivity contribution < 1.29 is 0 Å². The molecule has 8 heavy (non-hydrogen) atoms. The lowest BCUT2D eigenvalue weighted by molar-refractivity contribution is 0.531. The summed E-state index contributed by atoms with van der Waals surface area (Å²) < 4.78 is 0. The van der Waals surface area contributed by atoms with Gasteiger partial charge < -0.3 is 6.15 Å². The van der Waals surface area contributed by atoms with Crippen LogP contribution in [-0.4, -0.2) is 0 Å². The van der Waals surface area contributed by atoms with Crippen molar-refractivity contribution in [2.75, 3.05) is 0 Å². The van der Waals surface area contributed by atoms with Crippen molar-refractivity contribution in [3.8, 4) is 0 Å². The standard InChI is InChI=1S/C7H14.H3N/c1-2-7-5-3-4-6-7;/h7H,2-6H2,1H3;1H3. The average Bonchev–Trinajstić information content (AvgIpc) is 2.14. The minimum absolute atomic E-state index is 0. The summed E-state index contributed by atoms with van der Waals surface area (Å²) in [6, 6.07) is 0. The van der Waals surface area contributed by atoms with Gasteiger partial charge in [0.15, 0.2) is 0 Å². The van der Waals surface area contributed by atoms with E-state index < -0.39 is 0 Å². The minimum Gasteiger partial charge on any atom is -0.344 e. The zero-order valence-electron chi connectivity index (χ0n) is 5.82. The van der Waals surface area contributed by atoms with Crippen LogP contribution in [0.4, 0.5) is 0 Å². The molecule has 1 aliphatic rings. The Hall–Kier alpha value is -0.0400. The van der Waals surface area contributed by atoms with Crippen molar-refractivity contribution in [2.45, 2.75) is 39.0 Å². The summed E-state index contributed by atoms with van der Waals surface area (Å²) in [5.74, 6) is 1.10. The van der Waals surface area contributed by atoms with Gasteiger partial charge in [-0.3, -0.25) is 0 Å². The van der Waals surface area contributed by atoms with Crippen LogP contribution in [0.3, 0.4) is 0 Å². The number of hydrogen-bond donors (Lipinski definition) is 1. The first-order chi connectivity index (χ1) is 3.43. The van der Waals surface area contributed by atoms with E-state index in [-0.39, 0.29) is 6.15 Å². The van der Waals surface area contributed by atoms with Gasteiger partial charge in [-0.25, -0.2) is 0 Å². The van der Waals surface area contributed by atoms with Crippen molar-refractivity contribution in [1.29, 1.82) is 0 Å². The molecule has 0 bridgehead atoms. The fourth-order valence-corrected chi connectivity index (χ4v) is 1.42. The van der Waals surface area contributed by atoms with Gasteiger partial charge in [0.05, 0.1) is 0 Å². The van der Waals surface area contributed by atoms with Gasteiger partial charge in [-0.1, -0.05) is 39.0 Å². The highest BCUT2D eigenvalue weighted by molar-refractivity contribution is 4.64. The van der Waals surface area contributed by atoms with Crippen LogP contribution in [0.5, 0.6) is 0 Å². The van der Waals surface area contributed by atoms with Crippen LogP contribution in [0.15, 0.2) is 0 Å². The quantitative estimate of drug-likeness (QED) is 0.560. The highest BCUT2D eigenvalue weighted by Crippen LogP contribution is 2.26. The van der Waals surface area contributed by atoms with E-state index >= 15 is 0 Å². The van der Waals surface area contributed by atoms with E-state index in [1.165, 1.54) is 32.1 Å². The zero-order chi connectivity index (χ0) is 5.11. The van der Waals surface area contributed by atoms with E-state index in [4.69, 9.17) is 0 Å². The van der Waals surface area contributed by atoms with E-state index in [1.54, 1.807) is 0 Å². The van der Waals surface area contributed by atoms with E-state index in [0.29, 0.717) is 0 Å². The van der Waals surface area contributed by atoms with Gasteiger partial charge in [0, 0.05) is 0 Å². The molecule has 0 saturated heterocycles. The molecule has 0 aromatic heterocycles.